The van der Waals surface area contributed by atoms with Gasteiger partial charge >= 0.3 is 0 Å². The molecule has 0 amide bonds. The largest absolute Gasteiger partial charge is 0.293 e. The minimum absolute atomic E-state index is 0.0275. The molecule has 0 fully saturated rings. The first-order valence-corrected chi connectivity index (χ1v) is 7.47. The summed E-state index contributed by atoms with van der Waals surface area (Å²) in [6.07, 6.45) is 5.65. The highest BCUT2D eigenvalue weighted by molar-refractivity contribution is 5.65. The van der Waals surface area contributed by atoms with Crippen molar-refractivity contribution >= 4 is 5.57 Å². The van der Waals surface area contributed by atoms with Gasteiger partial charge < -0.3 is 0 Å². The molecule has 0 spiro atoms. The first kappa shape index (κ1) is 15.4. The van der Waals surface area contributed by atoms with Crippen LogP contribution in [0.3, 0.4) is 0 Å². The van der Waals surface area contributed by atoms with E-state index in [1.54, 1.807) is 24.5 Å². The number of hydrogen-bond acceptors (Lipinski definition) is 3. The number of benzene rings is 1. The van der Waals surface area contributed by atoms with Crippen LogP contribution in [0.4, 0.5) is 4.39 Å². The van der Waals surface area contributed by atoms with Crippen molar-refractivity contribution in [1.29, 1.82) is 0 Å². The molecule has 2 aromatic rings. The van der Waals surface area contributed by atoms with E-state index >= 15 is 0 Å². The average Bonchev–Trinajstić information content (AvgIpc) is 2.81. The molecule has 23 heavy (non-hydrogen) atoms. The molecule has 0 saturated carbocycles. The van der Waals surface area contributed by atoms with Crippen molar-refractivity contribution in [1.82, 2.24) is 14.9 Å². The highest BCUT2D eigenvalue weighted by atomic mass is 19.1. The van der Waals surface area contributed by atoms with Gasteiger partial charge in [-0.3, -0.25) is 4.90 Å². The van der Waals surface area contributed by atoms with E-state index in [1.165, 1.54) is 12.1 Å². The van der Waals surface area contributed by atoms with Crippen LogP contribution in [-0.4, -0.2) is 34.0 Å². The Kier molecular flexibility index (Phi) is 3.97. The molecule has 2 heterocycles. The Bertz CT molecular complexity index is 793. The summed E-state index contributed by atoms with van der Waals surface area (Å²) in [6.45, 7) is 5.18. The lowest BCUT2D eigenvalue weighted by Crippen LogP contribution is -2.34. The molecule has 0 atom stereocenters. The smallest absolute Gasteiger partial charge is 0.156 e. The van der Waals surface area contributed by atoms with Crippen molar-refractivity contribution in [2.24, 2.45) is 0 Å². The van der Waals surface area contributed by atoms with Gasteiger partial charge in [-0.15, -0.1) is 0 Å². The summed E-state index contributed by atoms with van der Waals surface area (Å²) >= 11 is 0. The SMILES string of the molecule is CN1CC(c2ncc(C#Cc3ccc(F)cc3)cn2)=CC1(C)C. The standard InChI is InChI=1S/C19H18FN3/c1-19(2)10-16(13-23(19)3)18-21-11-15(12-22-18)5-4-14-6-8-17(20)9-7-14/h6-12H,13H2,1-3H3. The highest BCUT2D eigenvalue weighted by Gasteiger charge is 2.29. The summed E-state index contributed by atoms with van der Waals surface area (Å²) < 4.78 is 12.8. The molecule has 1 aromatic carbocycles. The van der Waals surface area contributed by atoms with E-state index in [0.717, 1.165) is 29.1 Å². The molecule has 0 aliphatic carbocycles. The van der Waals surface area contributed by atoms with Crippen LogP contribution in [0.15, 0.2) is 42.7 Å². The van der Waals surface area contributed by atoms with Gasteiger partial charge in [0.05, 0.1) is 5.56 Å². The van der Waals surface area contributed by atoms with Gasteiger partial charge in [-0.05, 0) is 45.2 Å². The molecule has 0 N–H and O–H groups in total. The Morgan fingerprint density at radius 2 is 1.65 bits per heavy atom. The Balaban J connectivity index is 1.77. The fraction of sp³-hybridized carbons (Fsp3) is 0.263. The maximum atomic E-state index is 12.8. The molecule has 0 saturated heterocycles. The summed E-state index contributed by atoms with van der Waals surface area (Å²) in [7, 11) is 2.09. The first-order chi connectivity index (χ1) is 10.9. The predicted molar refractivity (Wildman–Crippen MR) is 89.1 cm³/mol. The first-order valence-electron chi connectivity index (χ1n) is 7.47. The molecule has 3 rings (SSSR count). The maximum Gasteiger partial charge on any atom is 0.156 e. The molecule has 116 valence electrons. The van der Waals surface area contributed by atoms with Crippen LogP contribution >= 0.6 is 0 Å². The number of hydrogen-bond donors (Lipinski definition) is 0. The van der Waals surface area contributed by atoms with Gasteiger partial charge in [0.15, 0.2) is 5.82 Å². The zero-order valence-electron chi connectivity index (χ0n) is 13.5. The van der Waals surface area contributed by atoms with Crippen LogP contribution in [0.1, 0.15) is 30.8 Å². The van der Waals surface area contributed by atoms with Crippen molar-refractivity contribution in [2.45, 2.75) is 19.4 Å². The molecule has 0 bridgehead atoms. The fourth-order valence-electron chi connectivity index (χ4n) is 2.41. The fourth-order valence-corrected chi connectivity index (χ4v) is 2.41. The molecule has 1 aliphatic heterocycles. The molecule has 1 aliphatic rings. The third-order valence-electron chi connectivity index (χ3n) is 4.05. The minimum Gasteiger partial charge on any atom is -0.293 e. The van der Waals surface area contributed by atoms with Crippen molar-refractivity contribution in [3.8, 4) is 11.8 Å². The normalized spacial score (nSPS) is 16.6. The van der Waals surface area contributed by atoms with E-state index in [9.17, 15) is 4.39 Å². The zero-order chi connectivity index (χ0) is 16.4. The van der Waals surface area contributed by atoms with E-state index in [-0.39, 0.29) is 11.4 Å². The monoisotopic (exact) mass is 307 g/mol. The van der Waals surface area contributed by atoms with Gasteiger partial charge in [0.1, 0.15) is 5.82 Å². The Morgan fingerprint density at radius 3 is 2.22 bits per heavy atom. The number of nitrogens with zero attached hydrogens (tertiary/aromatic N) is 3. The van der Waals surface area contributed by atoms with Gasteiger partial charge in [-0.1, -0.05) is 17.9 Å². The van der Waals surface area contributed by atoms with E-state index in [1.807, 2.05) is 0 Å². The van der Waals surface area contributed by atoms with Gasteiger partial charge in [0, 0.05) is 35.6 Å². The number of likely N-dealkylation sites (N-methyl/N-ethyl adjacent to an activating group) is 1. The van der Waals surface area contributed by atoms with Gasteiger partial charge in [0.25, 0.3) is 0 Å². The summed E-state index contributed by atoms with van der Waals surface area (Å²) in [5.74, 6) is 6.46. The Labute approximate surface area is 135 Å². The van der Waals surface area contributed by atoms with E-state index in [0.29, 0.717) is 0 Å². The van der Waals surface area contributed by atoms with Gasteiger partial charge in [-0.25, -0.2) is 14.4 Å². The molecule has 3 nitrogen and oxygen atoms in total. The lowest BCUT2D eigenvalue weighted by molar-refractivity contribution is 0.249. The van der Waals surface area contributed by atoms with Crippen LogP contribution in [0.25, 0.3) is 5.57 Å². The highest BCUT2D eigenvalue weighted by Crippen LogP contribution is 2.28. The van der Waals surface area contributed by atoms with Crippen LogP contribution in [0, 0.1) is 17.7 Å². The molecule has 0 unspecified atom stereocenters. The maximum absolute atomic E-state index is 12.8. The lowest BCUT2D eigenvalue weighted by Gasteiger charge is -2.26. The van der Waals surface area contributed by atoms with Crippen molar-refractivity contribution in [3.05, 3.63) is 65.5 Å². The molecule has 0 radical (unpaired) electrons. The number of aromatic nitrogens is 2. The quantitative estimate of drug-likeness (QED) is 0.758. The second-order valence-electron chi connectivity index (χ2n) is 6.23. The third kappa shape index (κ3) is 3.46. The van der Waals surface area contributed by atoms with Gasteiger partial charge in [0.2, 0.25) is 0 Å². The lowest BCUT2D eigenvalue weighted by atomic mass is 10.1. The minimum atomic E-state index is -0.263. The van der Waals surface area contributed by atoms with Crippen molar-refractivity contribution in [2.75, 3.05) is 13.6 Å². The number of halogens is 1. The average molecular weight is 307 g/mol. The van der Waals surface area contributed by atoms with Crippen molar-refractivity contribution < 1.29 is 4.39 Å². The summed E-state index contributed by atoms with van der Waals surface area (Å²) in [5.41, 5.74) is 2.66. The molecule has 1 aromatic heterocycles. The second-order valence-corrected chi connectivity index (χ2v) is 6.23. The topological polar surface area (TPSA) is 29.0 Å². The second kappa shape index (κ2) is 5.94. The zero-order valence-corrected chi connectivity index (χ0v) is 13.5. The molecular weight excluding hydrogens is 289 g/mol. The van der Waals surface area contributed by atoms with Crippen LogP contribution in [0.5, 0.6) is 0 Å². The van der Waals surface area contributed by atoms with E-state index in [2.05, 4.69) is 53.7 Å². The van der Waals surface area contributed by atoms with Crippen molar-refractivity contribution in [3.63, 3.8) is 0 Å². The van der Waals surface area contributed by atoms with E-state index < -0.39 is 0 Å². The predicted octanol–water partition coefficient (Wildman–Crippen LogP) is 3.12. The Hall–Kier alpha value is -2.51. The summed E-state index contributed by atoms with van der Waals surface area (Å²) in [5, 5.41) is 0. The van der Waals surface area contributed by atoms with Crippen LogP contribution in [0.2, 0.25) is 0 Å². The van der Waals surface area contributed by atoms with Crippen LogP contribution < -0.4 is 0 Å². The van der Waals surface area contributed by atoms with E-state index in [4.69, 9.17) is 0 Å². The molecule has 4 heteroatoms. The van der Waals surface area contributed by atoms with Gasteiger partial charge in [-0.2, -0.15) is 0 Å². The third-order valence-corrected chi connectivity index (χ3v) is 4.05. The summed E-state index contributed by atoms with van der Waals surface area (Å²) in [4.78, 5) is 11.1. The Morgan fingerprint density at radius 1 is 1.04 bits per heavy atom. The molecular formula is C19H18FN3. The van der Waals surface area contributed by atoms with Crippen LogP contribution in [-0.2, 0) is 0 Å². The summed E-state index contributed by atoms with van der Waals surface area (Å²) in [6, 6.07) is 6.10. The number of rotatable bonds is 1.